The molecule has 0 bridgehead atoms. The highest BCUT2D eigenvalue weighted by molar-refractivity contribution is 5.94. The largest absolute Gasteiger partial charge is 0.444 e. The summed E-state index contributed by atoms with van der Waals surface area (Å²) in [5.74, 6) is 0. The lowest BCUT2D eigenvalue weighted by Gasteiger charge is -2.21. The Morgan fingerprint density at radius 1 is 0.833 bits per heavy atom. The van der Waals surface area contributed by atoms with E-state index in [-0.39, 0.29) is 5.69 Å². The smallest absolute Gasteiger partial charge is 0.412 e. The number of nitroso groups, excluding NO2 is 1. The van der Waals surface area contributed by atoms with E-state index in [9.17, 15) is 14.5 Å². The molecule has 2 aromatic carbocycles. The molecule has 0 saturated heterocycles. The summed E-state index contributed by atoms with van der Waals surface area (Å²) in [5, 5.41) is 8.33. The van der Waals surface area contributed by atoms with Crippen LogP contribution in [0.25, 0.3) is 11.1 Å². The maximum absolute atomic E-state index is 12.2. The standard InChI is InChI=1S/C22H27N3O5/c1-21(2,3)29-19(26)23-15-9-7-8-14(12-15)17-13-16(25-28)10-11-18(17)24-20(27)30-22(4,5)6/h7-13H,1-6H3,(H,23,26)(H,24,27). The van der Waals surface area contributed by atoms with Gasteiger partial charge in [0.2, 0.25) is 0 Å². The van der Waals surface area contributed by atoms with Gasteiger partial charge in [0.1, 0.15) is 16.9 Å². The molecule has 160 valence electrons. The summed E-state index contributed by atoms with van der Waals surface area (Å²) in [4.78, 5) is 35.3. The van der Waals surface area contributed by atoms with E-state index >= 15 is 0 Å². The molecular formula is C22H27N3O5. The summed E-state index contributed by atoms with van der Waals surface area (Å²) < 4.78 is 10.6. The van der Waals surface area contributed by atoms with Gasteiger partial charge in [-0.05, 0) is 82.6 Å². The molecule has 2 N–H and O–H groups in total. The number of anilines is 2. The molecule has 0 atom stereocenters. The second-order valence-electron chi connectivity index (χ2n) is 8.66. The molecule has 2 aromatic rings. The van der Waals surface area contributed by atoms with Crippen molar-refractivity contribution in [1.82, 2.24) is 0 Å². The van der Waals surface area contributed by atoms with Gasteiger partial charge in [-0.3, -0.25) is 10.6 Å². The molecule has 0 aliphatic carbocycles. The number of amides is 2. The Labute approximate surface area is 175 Å². The first-order valence-corrected chi connectivity index (χ1v) is 9.44. The van der Waals surface area contributed by atoms with E-state index in [0.717, 1.165) is 0 Å². The average Bonchev–Trinajstić information content (AvgIpc) is 2.59. The zero-order valence-corrected chi connectivity index (χ0v) is 18.0. The number of rotatable bonds is 4. The maximum atomic E-state index is 12.2. The first kappa shape index (κ1) is 22.9. The molecule has 0 saturated carbocycles. The van der Waals surface area contributed by atoms with E-state index in [1.54, 1.807) is 77.9 Å². The Kier molecular flexibility index (Phi) is 6.81. The Bertz CT molecular complexity index is 943. The van der Waals surface area contributed by atoms with Crippen LogP contribution in [-0.2, 0) is 9.47 Å². The highest BCUT2D eigenvalue weighted by atomic mass is 16.6. The van der Waals surface area contributed by atoms with E-state index in [4.69, 9.17) is 9.47 Å². The van der Waals surface area contributed by atoms with Gasteiger partial charge < -0.3 is 9.47 Å². The van der Waals surface area contributed by atoms with Crippen LogP contribution in [0.3, 0.4) is 0 Å². The predicted molar refractivity (Wildman–Crippen MR) is 117 cm³/mol. The molecule has 2 rings (SSSR count). The summed E-state index contributed by atoms with van der Waals surface area (Å²) in [5.41, 5.74) is 1.04. The molecule has 8 nitrogen and oxygen atoms in total. The third-order valence-corrected chi connectivity index (χ3v) is 3.56. The third kappa shape index (κ3) is 7.20. The predicted octanol–water partition coefficient (Wildman–Crippen LogP) is 6.45. The van der Waals surface area contributed by atoms with Crippen molar-refractivity contribution in [3.63, 3.8) is 0 Å². The number of nitrogens with zero attached hydrogens (tertiary/aromatic N) is 1. The summed E-state index contributed by atoms with van der Waals surface area (Å²) in [6.45, 7) is 10.6. The monoisotopic (exact) mass is 413 g/mol. The fraction of sp³-hybridized carbons (Fsp3) is 0.364. The van der Waals surface area contributed by atoms with Gasteiger partial charge in [0.05, 0.1) is 5.69 Å². The SMILES string of the molecule is CC(C)(C)OC(=O)Nc1cccc(-c2cc(N=O)ccc2NC(=O)OC(C)(C)C)c1. The number of hydrogen-bond donors (Lipinski definition) is 2. The molecule has 0 unspecified atom stereocenters. The Morgan fingerprint density at radius 2 is 1.43 bits per heavy atom. The quantitative estimate of drug-likeness (QED) is 0.561. The zero-order valence-electron chi connectivity index (χ0n) is 18.0. The van der Waals surface area contributed by atoms with Crippen LogP contribution in [0.1, 0.15) is 41.5 Å². The van der Waals surface area contributed by atoms with Gasteiger partial charge >= 0.3 is 12.2 Å². The lowest BCUT2D eigenvalue weighted by molar-refractivity contribution is 0.0624. The minimum atomic E-state index is -0.661. The number of ether oxygens (including phenoxy) is 2. The van der Waals surface area contributed by atoms with Gasteiger partial charge in [0.25, 0.3) is 0 Å². The van der Waals surface area contributed by atoms with Crippen LogP contribution in [0.2, 0.25) is 0 Å². The first-order valence-electron chi connectivity index (χ1n) is 9.44. The van der Waals surface area contributed by atoms with Crippen molar-refractivity contribution in [3.05, 3.63) is 47.4 Å². The van der Waals surface area contributed by atoms with Gasteiger partial charge in [-0.1, -0.05) is 12.1 Å². The second kappa shape index (κ2) is 8.94. The molecular weight excluding hydrogens is 386 g/mol. The Morgan fingerprint density at radius 3 is 2.00 bits per heavy atom. The van der Waals surface area contributed by atoms with Gasteiger partial charge in [-0.2, -0.15) is 0 Å². The summed E-state index contributed by atoms with van der Waals surface area (Å²) in [6.07, 6.45) is -1.21. The molecule has 0 fully saturated rings. The van der Waals surface area contributed by atoms with Crippen LogP contribution in [-0.4, -0.2) is 23.4 Å². The van der Waals surface area contributed by atoms with E-state index in [2.05, 4.69) is 15.8 Å². The van der Waals surface area contributed by atoms with Crippen molar-refractivity contribution in [2.45, 2.75) is 52.7 Å². The summed E-state index contributed by atoms with van der Waals surface area (Å²) in [7, 11) is 0. The third-order valence-electron chi connectivity index (χ3n) is 3.56. The van der Waals surface area contributed by atoms with E-state index in [1.807, 2.05) is 0 Å². The van der Waals surface area contributed by atoms with Gasteiger partial charge in [0, 0.05) is 11.3 Å². The van der Waals surface area contributed by atoms with Crippen molar-refractivity contribution in [1.29, 1.82) is 0 Å². The molecule has 0 aliphatic rings. The van der Waals surface area contributed by atoms with Crippen LogP contribution < -0.4 is 10.6 Å². The molecule has 8 heteroatoms. The fourth-order valence-corrected chi connectivity index (χ4v) is 2.54. The minimum Gasteiger partial charge on any atom is -0.444 e. The van der Waals surface area contributed by atoms with Crippen LogP contribution in [0.15, 0.2) is 47.6 Å². The normalized spacial score (nSPS) is 11.4. The molecule has 2 amide bonds. The van der Waals surface area contributed by atoms with Gasteiger partial charge in [0.15, 0.2) is 0 Å². The van der Waals surface area contributed by atoms with Crippen molar-refractivity contribution in [2.24, 2.45) is 5.18 Å². The highest BCUT2D eigenvalue weighted by Crippen LogP contribution is 2.33. The lowest BCUT2D eigenvalue weighted by atomic mass is 10.0. The number of carbonyl (C=O) groups is 2. The van der Waals surface area contributed by atoms with Crippen molar-refractivity contribution < 1.29 is 19.1 Å². The average molecular weight is 413 g/mol. The summed E-state index contributed by atoms with van der Waals surface area (Å²) >= 11 is 0. The Balaban J connectivity index is 2.34. The van der Waals surface area contributed by atoms with Crippen LogP contribution in [0, 0.1) is 4.91 Å². The maximum Gasteiger partial charge on any atom is 0.412 e. The van der Waals surface area contributed by atoms with Crippen LogP contribution in [0.4, 0.5) is 26.7 Å². The van der Waals surface area contributed by atoms with E-state index < -0.39 is 23.4 Å². The second-order valence-corrected chi connectivity index (χ2v) is 8.66. The molecule has 30 heavy (non-hydrogen) atoms. The molecule has 0 heterocycles. The van der Waals surface area contributed by atoms with Crippen molar-refractivity contribution in [3.8, 4) is 11.1 Å². The van der Waals surface area contributed by atoms with E-state index in [0.29, 0.717) is 22.5 Å². The molecule has 0 radical (unpaired) electrons. The van der Waals surface area contributed by atoms with Gasteiger partial charge in [-0.25, -0.2) is 9.59 Å². The number of benzene rings is 2. The van der Waals surface area contributed by atoms with Crippen LogP contribution >= 0.6 is 0 Å². The van der Waals surface area contributed by atoms with E-state index in [1.165, 1.54) is 6.07 Å². The number of nitrogens with one attached hydrogen (secondary N) is 2. The van der Waals surface area contributed by atoms with Crippen LogP contribution in [0.5, 0.6) is 0 Å². The minimum absolute atomic E-state index is 0.199. The lowest BCUT2D eigenvalue weighted by Crippen LogP contribution is -2.27. The topological polar surface area (TPSA) is 106 Å². The summed E-state index contributed by atoms with van der Waals surface area (Å²) in [6, 6.07) is 11.5. The first-order chi connectivity index (χ1) is 13.9. The number of carbonyl (C=O) groups excluding carboxylic acids is 2. The van der Waals surface area contributed by atoms with Crippen molar-refractivity contribution in [2.75, 3.05) is 10.6 Å². The molecule has 0 spiro atoms. The van der Waals surface area contributed by atoms with Crippen molar-refractivity contribution >= 4 is 29.2 Å². The fourth-order valence-electron chi connectivity index (χ4n) is 2.54. The Hall–Kier alpha value is -3.42. The highest BCUT2D eigenvalue weighted by Gasteiger charge is 2.19. The molecule has 0 aromatic heterocycles. The zero-order chi connectivity index (χ0) is 22.5. The number of hydrogen-bond acceptors (Lipinski definition) is 6. The van der Waals surface area contributed by atoms with Gasteiger partial charge in [-0.15, -0.1) is 4.91 Å². The molecule has 0 aliphatic heterocycles.